The fourth-order valence-corrected chi connectivity index (χ4v) is 3.96. The van der Waals surface area contributed by atoms with Crippen LogP contribution in [0.15, 0.2) is 24.3 Å². The lowest BCUT2D eigenvalue weighted by molar-refractivity contribution is 0.318. The number of nitrogens with two attached hydrogens (primary N) is 2. The molecule has 2 aromatic heterocycles. The summed E-state index contributed by atoms with van der Waals surface area (Å²) in [5, 5.41) is 0.697. The molecule has 0 spiro atoms. The van der Waals surface area contributed by atoms with Gasteiger partial charge in [-0.3, -0.25) is 4.90 Å². The molecule has 0 unspecified atom stereocenters. The lowest BCUT2D eigenvalue weighted by Gasteiger charge is -2.17. The van der Waals surface area contributed by atoms with Gasteiger partial charge in [0.25, 0.3) is 0 Å². The van der Waals surface area contributed by atoms with E-state index in [-0.39, 0.29) is 0 Å². The fraction of sp³-hybridized carbons (Fsp3) is 0.294. The average molecular weight is 340 g/mol. The van der Waals surface area contributed by atoms with E-state index in [9.17, 15) is 0 Å². The molecule has 0 saturated carbocycles. The van der Waals surface area contributed by atoms with Crippen LogP contribution in [-0.4, -0.2) is 39.5 Å². The number of nitrogen functional groups attached to an aromatic ring is 2. The van der Waals surface area contributed by atoms with Crippen LogP contribution in [0, 0.1) is 0 Å². The molecule has 1 aliphatic heterocycles. The summed E-state index contributed by atoms with van der Waals surface area (Å²) < 4.78 is 0. The molecule has 124 valence electrons. The lowest BCUT2D eigenvalue weighted by Crippen LogP contribution is -2.26. The van der Waals surface area contributed by atoms with E-state index in [1.165, 1.54) is 10.6 Å². The Hall–Kier alpha value is -2.38. The third kappa shape index (κ3) is 3.13. The number of hydrogen-bond acceptors (Lipinski definition) is 6. The lowest BCUT2D eigenvalue weighted by atomic mass is 10.2. The number of hydrogen-bond donors (Lipinski definition) is 3. The maximum Gasteiger partial charge on any atom is 0.198 e. The summed E-state index contributed by atoms with van der Waals surface area (Å²) in [5.41, 5.74) is 15.7. The molecule has 4 rings (SSSR count). The molecule has 7 heteroatoms. The summed E-state index contributed by atoms with van der Waals surface area (Å²) in [6.07, 6.45) is 6.37. The highest BCUT2D eigenvalue weighted by molar-refractivity contribution is 7.15. The third-order valence-corrected chi connectivity index (χ3v) is 5.30. The number of fused-ring (bicyclic) bond motifs is 2. The van der Waals surface area contributed by atoms with Crippen LogP contribution in [0.4, 0.5) is 11.1 Å². The average Bonchev–Trinajstić information content (AvgIpc) is 3.04. The highest BCUT2D eigenvalue weighted by Crippen LogP contribution is 2.24. The van der Waals surface area contributed by atoms with Gasteiger partial charge in [-0.25, -0.2) is 9.97 Å². The van der Waals surface area contributed by atoms with Crippen molar-refractivity contribution in [1.29, 1.82) is 0 Å². The van der Waals surface area contributed by atoms with E-state index in [4.69, 9.17) is 11.5 Å². The van der Waals surface area contributed by atoms with Gasteiger partial charge in [-0.05, 0) is 24.1 Å². The zero-order valence-corrected chi connectivity index (χ0v) is 14.1. The van der Waals surface area contributed by atoms with Crippen LogP contribution in [-0.2, 0) is 12.8 Å². The van der Waals surface area contributed by atoms with E-state index in [0.29, 0.717) is 11.1 Å². The molecule has 1 aromatic carbocycles. The number of nitrogens with zero attached hydrogens (tertiary/aromatic N) is 3. The molecule has 0 amide bonds. The van der Waals surface area contributed by atoms with Crippen LogP contribution in [0.1, 0.15) is 16.1 Å². The number of benzene rings is 1. The molecule has 24 heavy (non-hydrogen) atoms. The summed E-state index contributed by atoms with van der Waals surface area (Å²) in [6, 6.07) is 6.13. The third-order valence-electron chi connectivity index (χ3n) is 4.31. The van der Waals surface area contributed by atoms with Gasteiger partial charge in [-0.2, -0.15) is 0 Å². The Morgan fingerprint density at radius 2 is 2.08 bits per heavy atom. The van der Waals surface area contributed by atoms with E-state index in [1.54, 1.807) is 11.3 Å². The van der Waals surface area contributed by atoms with E-state index in [0.717, 1.165) is 49.1 Å². The molecule has 0 atom stereocenters. The molecule has 3 heterocycles. The first-order valence-electron chi connectivity index (χ1n) is 8.05. The molecule has 5 N–H and O–H groups in total. The molecular formula is C17H20N6S. The maximum atomic E-state index is 5.80. The van der Waals surface area contributed by atoms with Gasteiger partial charge in [0.05, 0.1) is 16.7 Å². The van der Waals surface area contributed by atoms with Crippen LogP contribution < -0.4 is 11.5 Å². The van der Waals surface area contributed by atoms with Crippen molar-refractivity contribution in [2.45, 2.75) is 12.8 Å². The number of H-pyrrole nitrogens is 1. The molecule has 0 aliphatic carbocycles. The van der Waals surface area contributed by atoms with Crippen molar-refractivity contribution in [2.75, 3.05) is 31.1 Å². The van der Waals surface area contributed by atoms with E-state index in [1.807, 2.05) is 12.1 Å². The summed E-state index contributed by atoms with van der Waals surface area (Å²) >= 11 is 1.63. The van der Waals surface area contributed by atoms with E-state index >= 15 is 0 Å². The molecule has 0 bridgehead atoms. The zero-order valence-electron chi connectivity index (χ0n) is 13.3. The van der Waals surface area contributed by atoms with Crippen molar-refractivity contribution in [1.82, 2.24) is 19.9 Å². The second-order valence-corrected chi connectivity index (χ2v) is 7.14. The molecule has 6 nitrogen and oxygen atoms in total. The van der Waals surface area contributed by atoms with Gasteiger partial charge in [-0.1, -0.05) is 18.2 Å². The van der Waals surface area contributed by atoms with E-state index < -0.39 is 0 Å². The second kappa shape index (κ2) is 6.26. The Bertz CT molecular complexity index is 868. The van der Waals surface area contributed by atoms with Gasteiger partial charge in [-0.15, -0.1) is 11.3 Å². The number of aromatic amines is 1. The van der Waals surface area contributed by atoms with Gasteiger partial charge in [0.1, 0.15) is 0 Å². The maximum absolute atomic E-state index is 5.80. The van der Waals surface area contributed by atoms with Crippen LogP contribution in [0.25, 0.3) is 17.1 Å². The topological polar surface area (TPSA) is 96.8 Å². The monoisotopic (exact) mass is 340 g/mol. The quantitative estimate of drug-likeness (QED) is 0.680. The molecule has 3 aromatic rings. The Balaban J connectivity index is 1.39. The van der Waals surface area contributed by atoms with Crippen LogP contribution in [0.5, 0.6) is 0 Å². The SMILES string of the molecule is Nc1nc2cc(C=CCN3CCc4nc(N)sc4CC3)ccc2[nH]1. The minimum Gasteiger partial charge on any atom is -0.375 e. The van der Waals surface area contributed by atoms with Crippen LogP contribution >= 0.6 is 11.3 Å². The Morgan fingerprint density at radius 3 is 3.00 bits per heavy atom. The minimum atomic E-state index is 0.456. The first-order valence-corrected chi connectivity index (χ1v) is 8.87. The standard InChI is InChI=1S/C17H20N6S/c18-16-20-12-4-3-11(10-14(12)21-16)2-1-7-23-8-5-13-15(6-9-23)24-17(19)22-13/h1-4,10H,5-9H2,(H2,19,22)(H3,18,20,21). The van der Waals surface area contributed by atoms with Crippen molar-refractivity contribution in [3.8, 4) is 0 Å². The molecule has 1 aliphatic rings. The summed E-state index contributed by atoms with van der Waals surface area (Å²) in [5.74, 6) is 0.456. The number of rotatable bonds is 3. The molecule has 0 fully saturated rings. The Labute approximate surface area is 144 Å². The Morgan fingerprint density at radius 1 is 1.21 bits per heavy atom. The van der Waals surface area contributed by atoms with Gasteiger partial charge >= 0.3 is 0 Å². The highest BCUT2D eigenvalue weighted by atomic mass is 32.1. The van der Waals surface area contributed by atoms with Crippen molar-refractivity contribution >= 4 is 39.5 Å². The van der Waals surface area contributed by atoms with Crippen molar-refractivity contribution in [3.63, 3.8) is 0 Å². The predicted octanol–water partition coefficient (Wildman–Crippen LogP) is 2.30. The highest BCUT2D eigenvalue weighted by Gasteiger charge is 2.16. The smallest absolute Gasteiger partial charge is 0.198 e. The normalized spacial score (nSPS) is 15.8. The second-order valence-electron chi connectivity index (χ2n) is 6.02. The largest absolute Gasteiger partial charge is 0.375 e. The van der Waals surface area contributed by atoms with Gasteiger partial charge in [0.15, 0.2) is 11.1 Å². The van der Waals surface area contributed by atoms with Gasteiger partial charge in [0, 0.05) is 30.9 Å². The summed E-state index contributed by atoms with van der Waals surface area (Å²) in [4.78, 5) is 15.5. The summed E-state index contributed by atoms with van der Waals surface area (Å²) in [6.45, 7) is 3.01. The number of thiazole rings is 1. The van der Waals surface area contributed by atoms with Crippen LogP contribution in [0.3, 0.4) is 0 Å². The summed E-state index contributed by atoms with van der Waals surface area (Å²) in [7, 11) is 0. The molecule has 0 saturated heterocycles. The van der Waals surface area contributed by atoms with Gasteiger partial charge < -0.3 is 16.5 Å². The van der Waals surface area contributed by atoms with Crippen molar-refractivity contribution in [2.24, 2.45) is 0 Å². The predicted molar refractivity (Wildman–Crippen MR) is 99.9 cm³/mol. The number of imidazole rings is 1. The van der Waals surface area contributed by atoms with Crippen LogP contribution in [0.2, 0.25) is 0 Å². The number of nitrogens with one attached hydrogen (secondary N) is 1. The number of anilines is 2. The first kappa shape index (κ1) is 15.2. The minimum absolute atomic E-state index is 0.456. The first-order chi connectivity index (χ1) is 11.7. The molecular weight excluding hydrogens is 320 g/mol. The number of aromatic nitrogens is 3. The Kier molecular flexibility index (Phi) is 3.95. The van der Waals surface area contributed by atoms with Crippen molar-refractivity contribution < 1.29 is 0 Å². The fourth-order valence-electron chi connectivity index (χ4n) is 3.10. The van der Waals surface area contributed by atoms with Crippen molar-refractivity contribution in [3.05, 3.63) is 40.4 Å². The molecule has 0 radical (unpaired) electrons. The zero-order chi connectivity index (χ0) is 16.5. The van der Waals surface area contributed by atoms with Gasteiger partial charge in [0.2, 0.25) is 0 Å². The van der Waals surface area contributed by atoms with E-state index in [2.05, 4.69) is 38.1 Å².